The first-order valence-electron chi connectivity index (χ1n) is 5.71. The molecule has 0 saturated carbocycles. The van der Waals surface area contributed by atoms with E-state index in [-0.39, 0.29) is 0 Å². The van der Waals surface area contributed by atoms with Crippen LogP contribution in [0.1, 0.15) is 18.2 Å². The lowest BCUT2D eigenvalue weighted by Gasteiger charge is -2.10. The Kier molecular flexibility index (Phi) is 3.11. The van der Waals surface area contributed by atoms with Crippen molar-refractivity contribution >= 4 is 0 Å². The molecule has 0 bridgehead atoms. The molecule has 2 rings (SSSR count). The molecular weight excluding hydrogens is 196 g/mol. The molecule has 0 aliphatic heterocycles. The van der Waals surface area contributed by atoms with Crippen LogP contribution in [-0.4, -0.2) is 4.57 Å². The van der Waals surface area contributed by atoms with Crippen molar-refractivity contribution < 1.29 is 0 Å². The van der Waals surface area contributed by atoms with Crippen LogP contribution in [0.15, 0.2) is 36.4 Å². The molecule has 0 radical (unpaired) electrons. The largest absolute Gasteiger partial charge is 0.344 e. The summed E-state index contributed by atoms with van der Waals surface area (Å²) in [5, 5.41) is 0. The minimum atomic E-state index is 0.597. The fourth-order valence-corrected chi connectivity index (χ4v) is 2.04. The first-order valence-corrected chi connectivity index (χ1v) is 5.71. The molecule has 1 aromatic carbocycles. The van der Waals surface area contributed by atoms with Crippen LogP contribution >= 0.6 is 0 Å². The minimum absolute atomic E-state index is 0.597. The number of nitrogens with two attached hydrogens (primary N) is 1. The summed E-state index contributed by atoms with van der Waals surface area (Å²) in [6, 6.07) is 12.9. The van der Waals surface area contributed by atoms with Crippen LogP contribution in [0.4, 0.5) is 0 Å². The zero-order valence-corrected chi connectivity index (χ0v) is 9.90. The van der Waals surface area contributed by atoms with Gasteiger partial charge in [0.15, 0.2) is 0 Å². The first kappa shape index (κ1) is 11.0. The molecule has 2 N–H and O–H groups in total. The summed E-state index contributed by atoms with van der Waals surface area (Å²) in [6.07, 6.45) is 0. The van der Waals surface area contributed by atoms with Crippen molar-refractivity contribution in [2.45, 2.75) is 26.9 Å². The summed E-state index contributed by atoms with van der Waals surface area (Å²) >= 11 is 0. The Morgan fingerprint density at radius 1 is 1.06 bits per heavy atom. The van der Waals surface area contributed by atoms with Gasteiger partial charge in [0.1, 0.15) is 0 Å². The first-order chi connectivity index (χ1) is 7.76. The molecule has 0 amide bonds. The summed E-state index contributed by atoms with van der Waals surface area (Å²) in [5.41, 5.74) is 10.7. The lowest BCUT2D eigenvalue weighted by Crippen LogP contribution is -2.06. The summed E-state index contributed by atoms with van der Waals surface area (Å²) in [4.78, 5) is 0. The van der Waals surface area contributed by atoms with E-state index in [1.54, 1.807) is 0 Å². The molecule has 2 nitrogen and oxygen atoms in total. The molecule has 0 saturated heterocycles. The van der Waals surface area contributed by atoms with E-state index >= 15 is 0 Å². The smallest absolute Gasteiger partial charge is 0.0482 e. The molecule has 0 aliphatic rings. The topological polar surface area (TPSA) is 30.9 Å². The van der Waals surface area contributed by atoms with Gasteiger partial charge in [0.2, 0.25) is 0 Å². The van der Waals surface area contributed by atoms with Gasteiger partial charge in [-0.25, -0.2) is 0 Å². The highest BCUT2D eigenvalue weighted by atomic mass is 15.0. The van der Waals surface area contributed by atoms with Gasteiger partial charge in [-0.3, -0.25) is 0 Å². The number of benzene rings is 1. The number of aryl methyl sites for hydroxylation is 1. The Hall–Kier alpha value is -1.54. The molecule has 1 aromatic heterocycles. The highest BCUT2D eigenvalue weighted by Crippen LogP contribution is 2.22. The molecule has 0 fully saturated rings. The molecule has 0 atom stereocenters. The maximum absolute atomic E-state index is 5.72. The zero-order chi connectivity index (χ0) is 11.5. The molecule has 16 heavy (non-hydrogen) atoms. The van der Waals surface area contributed by atoms with Gasteiger partial charge in [-0.05, 0) is 31.5 Å². The SMILES string of the molecule is CCn1c(CN)ccc1-c1ccc(C)cc1. The standard InChI is InChI=1S/C14H18N2/c1-3-16-13(10-15)8-9-14(16)12-6-4-11(2)5-7-12/h4-9H,3,10,15H2,1-2H3. The van der Waals surface area contributed by atoms with E-state index in [0.29, 0.717) is 6.54 Å². The van der Waals surface area contributed by atoms with Crippen molar-refractivity contribution in [2.24, 2.45) is 5.73 Å². The molecule has 0 aliphatic carbocycles. The van der Waals surface area contributed by atoms with Gasteiger partial charge in [-0.15, -0.1) is 0 Å². The monoisotopic (exact) mass is 214 g/mol. The average Bonchev–Trinajstić information content (AvgIpc) is 2.72. The minimum Gasteiger partial charge on any atom is -0.344 e. The zero-order valence-electron chi connectivity index (χ0n) is 9.90. The fourth-order valence-electron chi connectivity index (χ4n) is 2.04. The maximum Gasteiger partial charge on any atom is 0.0482 e. The van der Waals surface area contributed by atoms with Gasteiger partial charge in [-0.1, -0.05) is 29.8 Å². The van der Waals surface area contributed by atoms with Crippen molar-refractivity contribution in [3.8, 4) is 11.3 Å². The number of aromatic nitrogens is 1. The van der Waals surface area contributed by atoms with Crippen LogP contribution in [0.2, 0.25) is 0 Å². The van der Waals surface area contributed by atoms with Crippen molar-refractivity contribution in [2.75, 3.05) is 0 Å². The van der Waals surface area contributed by atoms with Gasteiger partial charge < -0.3 is 10.3 Å². The van der Waals surface area contributed by atoms with E-state index in [1.807, 2.05) is 0 Å². The Balaban J connectivity index is 2.47. The number of rotatable bonds is 3. The van der Waals surface area contributed by atoms with Crippen LogP contribution in [0, 0.1) is 6.92 Å². The van der Waals surface area contributed by atoms with Gasteiger partial charge in [-0.2, -0.15) is 0 Å². The summed E-state index contributed by atoms with van der Waals surface area (Å²) in [5.74, 6) is 0. The van der Waals surface area contributed by atoms with Crippen molar-refractivity contribution in [3.63, 3.8) is 0 Å². The predicted octanol–water partition coefficient (Wildman–Crippen LogP) is 2.94. The van der Waals surface area contributed by atoms with Crippen LogP contribution in [0.3, 0.4) is 0 Å². The maximum atomic E-state index is 5.72. The highest BCUT2D eigenvalue weighted by Gasteiger charge is 2.06. The van der Waals surface area contributed by atoms with E-state index in [4.69, 9.17) is 5.73 Å². The second-order valence-corrected chi connectivity index (χ2v) is 4.02. The molecule has 2 aromatic rings. The lowest BCUT2D eigenvalue weighted by molar-refractivity contribution is 0.722. The molecule has 2 heteroatoms. The summed E-state index contributed by atoms with van der Waals surface area (Å²) in [6.45, 7) is 5.81. The Morgan fingerprint density at radius 3 is 2.31 bits per heavy atom. The van der Waals surface area contributed by atoms with Gasteiger partial charge >= 0.3 is 0 Å². The van der Waals surface area contributed by atoms with Crippen molar-refractivity contribution in [1.29, 1.82) is 0 Å². The predicted molar refractivity (Wildman–Crippen MR) is 68.2 cm³/mol. The van der Waals surface area contributed by atoms with Gasteiger partial charge in [0, 0.05) is 24.5 Å². The van der Waals surface area contributed by atoms with Gasteiger partial charge in [0.25, 0.3) is 0 Å². The molecular formula is C14H18N2. The second-order valence-electron chi connectivity index (χ2n) is 4.02. The van der Waals surface area contributed by atoms with Crippen LogP contribution in [0.25, 0.3) is 11.3 Å². The van der Waals surface area contributed by atoms with Crippen LogP contribution in [-0.2, 0) is 13.1 Å². The quantitative estimate of drug-likeness (QED) is 0.836. The summed E-state index contributed by atoms with van der Waals surface area (Å²) < 4.78 is 2.27. The van der Waals surface area contributed by atoms with Crippen molar-refractivity contribution in [3.05, 3.63) is 47.7 Å². The fraction of sp³-hybridized carbons (Fsp3) is 0.286. The third-order valence-electron chi connectivity index (χ3n) is 2.94. The third kappa shape index (κ3) is 1.89. The summed E-state index contributed by atoms with van der Waals surface area (Å²) in [7, 11) is 0. The molecule has 84 valence electrons. The normalized spacial score (nSPS) is 10.7. The van der Waals surface area contributed by atoms with Crippen LogP contribution < -0.4 is 5.73 Å². The van der Waals surface area contributed by atoms with E-state index < -0.39 is 0 Å². The van der Waals surface area contributed by atoms with Crippen LogP contribution in [0.5, 0.6) is 0 Å². The van der Waals surface area contributed by atoms with E-state index in [1.165, 1.54) is 22.5 Å². The second kappa shape index (κ2) is 4.54. The Morgan fingerprint density at radius 2 is 1.75 bits per heavy atom. The molecule has 0 unspecified atom stereocenters. The Bertz CT molecular complexity index is 466. The van der Waals surface area contributed by atoms with E-state index in [2.05, 4.69) is 54.8 Å². The van der Waals surface area contributed by atoms with Gasteiger partial charge in [0.05, 0.1) is 0 Å². The van der Waals surface area contributed by atoms with E-state index in [0.717, 1.165) is 6.54 Å². The average molecular weight is 214 g/mol. The van der Waals surface area contributed by atoms with E-state index in [9.17, 15) is 0 Å². The number of nitrogens with zero attached hydrogens (tertiary/aromatic N) is 1. The highest BCUT2D eigenvalue weighted by molar-refractivity contribution is 5.61. The third-order valence-corrected chi connectivity index (χ3v) is 2.94. The number of hydrogen-bond acceptors (Lipinski definition) is 1. The van der Waals surface area contributed by atoms with Crippen molar-refractivity contribution in [1.82, 2.24) is 4.57 Å². The Labute approximate surface area is 96.7 Å². The molecule has 0 spiro atoms. The molecule has 1 heterocycles. The number of hydrogen-bond donors (Lipinski definition) is 1. The lowest BCUT2D eigenvalue weighted by atomic mass is 10.1.